The van der Waals surface area contributed by atoms with E-state index in [0.717, 1.165) is 0 Å². The average molecular weight is 252 g/mol. The van der Waals surface area contributed by atoms with Crippen LogP contribution in [0.1, 0.15) is 23.7 Å². The zero-order valence-corrected chi connectivity index (χ0v) is 10.7. The standard InChI is InChI=1S/C12H16N2O2S/c1-3-10(11(13)17)14-12(15)8-4-6-9(16-2)7-5-8/h4-7,10H,3H2,1-2H3,(H2,13,17)(H,14,15). The van der Waals surface area contributed by atoms with Crippen LogP contribution < -0.4 is 15.8 Å². The van der Waals surface area contributed by atoms with E-state index in [0.29, 0.717) is 22.7 Å². The number of hydrogen-bond donors (Lipinski definition) is 2. The first-order valence-corrected chi connectivity index (χ1v) is 5.73. The zero-order chi connectivity index (χ0) is 12.8. The first-order valence-electron chi connectivity index (χ1n) is 5.32. The molecule has 0 heterocycles. The van der Waals surface area contributed by atoms with Crippen molar-refractivity contribution in [2.75, 3.05) is 7.11 Å². The van der Waals surface area contributed by atoms with E-state index < -0.39 is 0 Å². The maximum atomic E-state index is 11.9. The van der Waals surface area contributed by atoms with E-state index in [4.69, 9.17) is 22.7 Å². The van der Waals surface area contributed by atoms with Gasteiger partial charge in [-0.25, -0.2) is 0 Å². The number of methoxy groups -OCH3 is 1. The quantitative estimate of drug-likeness (QED) is 0.779. The number of carbonyl (C=O) groups is 1. The second kappa shape index (κ2) is 6.20. The second-order valence-electron chi connectivity index (χ2n) is 3.57. The molecular formula is C12H16N2O2S. The molecule has 0 aliphatic rings. The molecule has 0 bridgehead atoms. The van der Waals surface area contributed by atoms with Crippen LogP contribution in [0, 0.1) is 0 Å². The molecule has 92 valence electrons. The molecule has 0 saturated heterocycles. The molecule has 1 aromatic carbocycles. The third-order valence-electron chi connectivity index (χ3n) is 2.41. The second-order valence-corrected chi connectivity index (χ2v) is 4.04. The van der Waals surface area contributed by atoms with Crippen LogP contribution in [0.15, 0.2) is 24.3 Å². The van der Waals surface area contributed by atoms with Crippen molar-refractivity contribution in [1.82, 2.24) is 5.32 Å². The lowest BCUT2D eigenvalue weighted by Crippen LogP contribution is -2.42. The van der Waals surface area contributed by atoms with Crippen molar-refractivity contribution in [2.45, 2.75) is 19.4 Å². The molecule has 0 spiro atoms. The van der Waals surface area contributed by atoms with Gasteiger partial charge < -0.3 is 15.8 Å². The number of ether oxygens (including phenoxy) is 1. The first-order chi connectivity index (χ1) is 8.08. The molecule has 17 heavy (non-hydrogen) atoms. The summed E-state index contributed by atoms with van der Waals surface area (Å²) in [7, 11) is 1.58. The molecular weight excluding hydrogens is 236 g/mol. The molecule has 1 amide bonds. The zero-order valence-electron chi connectivity index (χ0n) is 9.90. The fourth-order valence-corrected chi connectivity index (χ4v) is 1.58. The minimum absolute atomic E-state index is 0.188. The van der Waals surface area contributed by atoms with Crippen molar-refractivity contribution in [3.63, 3.8) is 0 Å². The van der Waals surface area contributed by atoms with Gasteiger partial charge in [-0.05, 0) is 30.7 Å². The highest BCUT2D eigenvalue weighted by atomic mass is 32.1. The van der Waals surface area contributed by atoms with E-state index in [1.807, 2.05) is 6.92 Å². The number of thiocarbonyl (C=S) groups is 1. The highest BCUT2D eigenvalue weighted by Gasteiger charge is 2.13. The van der Waals surface area contributed by atoms with Crippen LogP contribution in [-0.2, 0) is 0 Å². The van der Waals surface area contributed by atoms with Crippen LogP contribution in [0.4, 0.5) is 0 Å². The Kier molecular flexibility index (Phi) is 4.90. The summed E-state index contributed by atoms with van der Waals surface area (Å²) in [5.41, 5.74) is 6.07. The highest BCUT2D eigenvalue weighted by molar-refractivity contribution is 7.80. The SMILES string of the molecule is CCC(NC(=O)c1ccc(OC)cc1)C(N)=S. The van der Waals surface area contributed by atoms with Crippen LogP contribution in [0.25, 0.3) is 0 Å². The van der Waals surface area contributed by atoms with Crippen LogP contribution >= 0.6 is 12.2 Å². The molecule has 0 saturated carbocycles. The topological polar surface area (TPSA) is 64.3 Å². The van der Waals surface area contributed by atoms with Gasteiger partial charge in [-0.1, -0.05) is 19.1 Å². The summed E-state index contributed by atoms with van der Waals surface area (Å²) in [5.74, 6) is 0.523. The lowest BCUT2D eigenvalue weighted by atomic mass is 10.1. The van der Waals surface area contributed by atoms with Gasteiger partial charge >= 0.3 is 0 Å². The van der Waals surface area contributed by atoms with Gasteiger partial charge in [-0.2, -0.15) is 0 Å². The lowest BCUT2D eigenvalue weighted by Gasteiger charge is -2.15. The van der Waals surface area contributed by atoms with Gasteiger partial charge in [0.15, 0.2) is 0 Å². The monoisotopic (exact) mass is 252 g/mol. The molecule has 3 N–H and O–H groups in total. The summed E-state index contributed by atoms with van der Waals surface area (Å²) in [6, 6.07) is 6.59. The van der Waals surface area contributed by atoms with E-state index >= 15 is 0 Å². The van der Waals surface area contributed by atoms with E-state index in [-0.39, 0.29) is 11.9 Å². The Bertz CT molecular complexity index is 403. The molecule has 0 aromatic heterocycles. The fourth-order valence-electron chi connectivity index (χ4n) is 1.36. The van der Waals surface area contributed by atoms with Gasteiger partial charge in [-0.3, -0.25) is 4.79 Å². The maximum Gasteiger partial charge on any atom is 0.251 e. The van der Waals surface area contributed by atoms with Gasteiger partial charge in [0, 0.05) is 5.56 Å². The summed E-state index contributed by atoms with van der Waals surface area (Å²) in [5, 5.41) is 2.77. The van der Waals surface area contributed by atoms with E-state index in [1.165, 1.54) is 0 Å². The van der Waals surface area contributed by atoms with Gasteiger partial charge in [0.25, 0.3) is 5.91 Å². The number of nitrogens with one attached hydrogen (secondary N) is 1. The first kappa shape index (κ1) is 13.4. The van der Waals surface area contributed by atoms with E-state index in [1.54, 1.807) is 31.4 Å². The van der Waals surface area contributed by atoms with E-state index in [9.17, 15) is 4.79 Å². The van der Waals surface area contributed by atoms with Gasteiger partial charge in [0.05, 0.1) is 18.1 Å². The summed E-state index contributed by atoms with van der Waals surface area (Å²) in [6.45, 7) is 1.91. The predicted octanol–water partition coefficient (Wildman–Crippen LogP) is 1.49. The molecule has 0 fully saturated rings. The molecule has 1 unspecified atom stereocenters. The van der Waals surface area contributed by atoms with Crippen LogP contribution in [-0.4, -0.2) is 24.0 Å². The molecule has 5 heteroatoms. The van der Waals surface area contributed by atoms with Crippen molar-refractivity contribution in [1.29, 1.82) is 0 Å². The maximum absolute atomic E-state index is 11.9. The van der Waals surface area contributed by atoms with Gasteiger partial charge in [-0.15, -0.1) is 0 Å². The molecule has 0 aliphatic carbocycles. The Morgan fingerprint density at radius 3 is 2.47 bits per heavy atom. The van der Waals surface area contributed by atoms with Gasteiger partial charge in [0.1, 0.15) is 5.75 Å². The summed E-state index contributed by atoms with van der Waals surface area (Å²) in [6.07, 6.45) is 0.678. The van der Waals surface area contributed by atoms with Crippen LogP contribution in [0.2, 0.25) is 0 Å². The molecule has 1 atom stereocenters. The lowest BCUT2D eigenvalue weighted by molar-refractivity contribution is 0.0946. The number of rotatable bonds is 5. The van der Waals surface area contributed by atoms with Crippen LogP contribution in [0.5, 0.6) is 5.75 Å². The minimum Gasteiger partial charge on any atom is -0.497 e. The van der Waals surface area contributed by atoms with Gasteiger partial charge in [0.2, 0.25) is 0 Å². The highest BCUT2D eigenvalue weighted by Crippen LogP contribution is 2.11. The van der Waals surface area contributed by atoms with Crippen molar-refractivity contribution in [2.24, 2.45) is 5.73 Å². The smallest absolute Gasteiger partial charge is 0.251 e. The Morgan fingerprint density at radius 1 is 1.47 bits per heavy atom. The molecule has 0 aliphatic heterocycles. The third-order valence-corrected chi connectivity index (χ3v) is 2.69. The van der Waals surface area contributed by atoms with Crippen molar-refractivity contribution in [3.05, 3.63) is 29.8 Å². The summed E-state index contributed by atoms with van der Waals surface area (Å²) >= 11 is 4.87. The number of amides is 1. The Labute approximate surface area is 106 Å². The fraction of sp³-hybridized carbons (Fsp3) is 0.333. The number of carbonyl (C=O) groups excluding carboxylic acids is 1. The van der Waals surface area contributed by atoms with Crippen LogP contribution in [0.3, 0.4) is 0 Å². The Hall–Kier alpha value is -1.62. The molecule has 0 radical (unpaired) electrons. The van der Waals surface area contributed by atoms with Crippen molar-refractivity contribution >= 4 is 23.1 Å². The average Bonchev–Trinajstić information content (AvgIpc) is 2.35. The van der Waals surface area contributed by atoms with Crippen molar-refractivity contribution < 1.29 is 9.53 Å². The normalized spacial score (nSPS) is 11.6. The molecule has 1 rings (SSSR count). The molecule has 1 aromatic rings. The third kappa shape index (κ3) is 3.71. The Balaban J connectivity index is 2.72. The van der Waals surface area contributed by atoms with Crippen molar-refractivity contribution in [3.8, 4) is 5.75 Å². The number of benzene rings is 1. The largest absolute Gasteiger partial charge is 0.497 e. The number of nitrogens with two attached hydrogens (primary N) is 1. The minimum atomic E-state index is -0.264. The Morgan fingerprint density at radius 2 is 2.06 bits per heavy atom. The predicted molar refractivity (Wildman–Crippen MR) is 71.3 cm³/mol. The summed E-state index contributed by atoms with van der Waals surface area (Å²) in [4.78, 5) is 12.2. The summed E-state index contributed by atoms with van der Waals surface area (Å²) < 4.78 is 5.02. The number of hydrogen-bond acceptors (Lipinski definition) is 3. The van der Waals surface area contributed by atoms with E-state index in [2.05, 4.69) is 5.32 Å². The molecule has 4 nitrogen and oxygen atoms in total.